The molecule has 0 saturated carbocycles. The first-order valence-electron chi connectivity index (χ1n) is 9.40. The molecule has 0 amide bonds. The van der Waals surface area contributed by atoms with Gasteiger partial charge in [-0.3, -0.25) is 0 Å². The summed E-state index contributed by atoms with van der Waals surface area (Å²) in [5.74, 6) is 0.0550. The lowest BCUT2D eigenvalue weighted by Crippen LogP contribution is -1.98. The zero-order chi connectivity index (χ0) is 21.3. The Kier molecular flexibility index (Phi) is 5.06. The largest absolute Gasteiger partial charge is 0.496 e. The summed E-state index contributed by atoms with van der Waals surface area (Å²) < 4.78 is 10.8. The lowest BCUT2D eigenvalue weighted by molar-refractivity contribution is 0.0696. The third kappa shape index (κ3) is 3.55. The molecule has 0 bridgehead atoms. The number of aromatic nitrogens is 2. The topological polar surface area (TPSA) is 85.5 Å². The minimum Gasteiger partial charge on any atom is -0.496 e. The standard InChI is InChI=1S/C24H20N2O4/c1-14-6-4-5-7-18(14)19-10-8-16(12-15(19)2)23-25-22(26-30-23)20-11-9-17(24(27)28)13-21(20)29-3/h4-13H,1-3H3,(H,27,28). The van der Waals surface area contributed by atoms with Gasteiger partial charge in [0.25, 0.3) is 5.89 Å². The van der Waals surface area contributed by atoms with Gasteiger partial charge in [0.15, 0.2) is 0 Å². The van der Waals surface area contributed by atoms with Crippen molar-refractivity contribution in [3.05, 3.63) is 77.4 Å². The number of carboxylic acid groups (broad SMARTS) is 1. The molecule has 0 spiro atoms. The van der Waals surface area contributed by atoms with Gasteiger partial charge in [-0.1, -0.05) is 35.5 Å². The van der Waals surface area contributed by atoms with E-state index in [1.165, 1.54) is 30.4 Å². The first kappa shape index (κ1) is 19.4. The number of aryl methyl sites for hydroxylation is 2. The van der Waals surface area contributed by atoms with Crippen LogP contribution < -0.4 is 4.74 Å². The zero-order valence-corrected chi connectivity index (χ0v) is 16.8. The minimum atomic E-state index is -1.03. The molecule has 1 N–H and O–H groups in total. The first-order chi connectivity index (χ1) is 14.5. The van der Waals surface area contributed by atoms with Crippen LogP contribution in [0.25, 0.3) is 34.0 Å². The Balaban J connectivity index is 1.69. The second-order valence-corrected chi connectivity index (χ2v) is 6.99. The SMILES string of the molecule is COc1cc(C(=O)O)ccc1-c1noc(-c2ccc(-c3ccccc3C)c(C)c2)n1. The number of carboxylic acids is 1. The number of nitrogens with zero attached hydrogens (tertiary/aromatic N) is 2. The number of aromatic carboxylic acids is 1. The third-order valence-electron chi connectivity index (χ3n) is 5.02. The van der Waals surface area contributed by atoms with Crippen LogP contribution >= 0.6 is 0 Å². The molecule has 150 valence electrons. The summed E-state index contributed by atoms with van der Waals surface area (Å²) in [6.07, 6.45) is 0. The Morgan fingerprint density at radius 3 is 2.37 bits per heavy atom. The summed E-state index contributed by atoms with van der Waals surface area (Å²) in [5.41, 5.74) is 6.16. The van der Waals surface area contributed by atoms with Crippen LogP contribution in [0, 0.1) is 13.8 Å². The lowest BCUT2D eigenvalue weighted by Gasteiger charge is -2.10. The summed E-state index contributed by atoms with van der Waals surface area (Å²) in [7, 11) is 1.47. The van der Waals surface area contributed by atoms with E-state index in [0.717, 1.165) is 16.7 Å². The van der Waals surface area contributed by atoms with Crippen molar-refractivity contribution in [2.24, 2.45) is 0 Å². The molecular weight excluding hydrogens is 380 g/mol. The van der Waals surface area contributed by atoms with Crippen molar-refractivity contribution in [1.82, 2.24) is 10.1 Å². The molecule has 30 heavy (non-hydrogen) atoms. The molecule has 1 aromatic heterocycles. The Morgan fingerprint density at radius 2 is 1.67 bits per heavy atom. The van der Waals surface area contributed by atoms with Gasteiger partial charge in [-0.25, -0.2) is 4.79 Å². The van der Waals surface area contributed by atoms with Gasteiger partial charge in [-0.15, -0.1) is 0 Å². The average molecular weight is 400 g/mol. The van der Waals surface area contributed by atoms with Gasteiger partial charge in [-0.2, -0.15) is 4.98 Å². The predicted octanol–water partition coefficient (Wildman–Crippen LogP) is 5.39. The van der Waals surface area contributed by atoms with E-state index in [-0.39, 0.29) is 5.56 Å². The molecule has 0 aliphatic heterocycles. The summed E-state index contributed by atoms with van der Waals surface area (Å²) >= 11 is 0. The molecule has 0 atom stereocenters. The number of methoxy groups -OCH3 is 1. The van der Waals surface area contributed by atoms with Crippen LogP contribution in [-0.2, 0) is 0 Å². The molecule has 1 heterocycles. The van der Waals surface area contributed by atoms with Crippen LogP contribution in [0.15, 0.2) is 65.2 Å². The molecule has 0 aliphatic rings. The van der Waals surface area contributed by atoms with E-state index in [0.29, 0.717) is 23.0 Å². The van der Waals surface area contributed by atoms with Crippen LogP contribution in [0.2, 0.25) is 0 Å². The van der Waals surface area contributed by atoms with E-state index in [9.17, 15) is 4.79 Å². The molecule has 0 radical (unpaired) electrons. The maximum Gasteiger partial charge on any atom is 0.335 e. The van der Waals surface area contributed by atoms with Gasteiger partial charge in [0.1, 0.15) is 5.75 Å². The monoisotopic (exact) mass is 400 g/mol. The number of carbonyl (C=O) groups is 1. The molecule has 0 saturated heterocycles. The minimum absolute atomic E-state index is 0.127. The first-order valence-corrected chi connectivity index (χ1v) is 9.40. The van der Waals surface area contributed by atoms with E-state index in [1.54, 1.807) is 6.07 Å². The Hall–Kier alpha value is -3.93. The van der Waals surface area contributed by atoms with Crippen LogP contribution in [-0.4, -0.2) is 28.3 Å². The number of benzene rings is 3. The smallest absolute Gasteiger partial charge is 0.335 e. The number of hydrogen-bond donors (Lipinski definition) is 1. The summed E-state index contributed by atoms with van der Waals surface area (Å²) in [6, 6.07) is 18.8. The number of rotatable bonds is 5. The van der Waals surface area contributed by atoms with E-state index < -0.39 is 5.97 Å². The van der Waals surface area contributed by atoms with Gasteiger partial charge in [0, 0.05) is 5.56 Å². The van der Waals surface area contributed by atoms with Gasteiger partial charge >= 0.3 is 5.97 Å². The van der Waals surface area contributed by atoms with Crippen molar-refractivity contribution in [2.75, 3.05) is 7.11 Å². The molecule has 0 fully saturated rings. The molecule has 6 nitrogen and oxygen atoms in total. The van der Waals surface area contributed by atoms with Gasteiger partial charge in [-0.05, 0) is 66.4 Å². The van der Waals surface area contributed by atoms with E-state index >= 15 is 0 Å². The maximum atomic E-state index is 11.2. The number of hydrogen-bond acceptors (Lipinski definition) is 5. The Bertz CT molecular complexity index is 1240. The van der Waals surface area contributed by atoms with Crippen LogP contribution in [0.4, 0.5) is 0 Å². The van der Waals surface area contributed by atoms with Crippen molar-refractivity contribution >= 4 is 5.97 Å². The normalized spacial score (nSPS) is 10.8. The molecule has 0 aliphatic carbocycles. The molecular formula is C24H20N2O4. The fraction of sp³-hybridized carbons (Fsp3) is 0.125. The highest BCUT2D eigenvalue weighted by molar-refractivity contribution is 5.89. The molecule has 4 aromatic rings. The number of ether oxygens (including phenoxy) is 1. The predicted molar refractivity (Wildman–Crippen MR) is 114 cm³/mol. The zero-order valence-electron chi connectivity index (χ0n) is 16.8. The Morgan fingerprint density at radius 1 is 0.933 bits per heavy atom. The quantitative estimate of drug-likeness (QED) is 0.483. The van der Waals surface area contributed by atoms with Crippen molar-refractivity contribution < 1.29 is 19.2 Å². The molecule has 3 aromatic carbocycles. The summed E-state index contributed by atoms with van der Waals surface area (Å²) in [4.78, 5) is 15.7. The summed E-state index contributed by atoms with van der Waals surface area (Å²) in [5, 5.41) is 13.2. The second kappa shape index (κ2) is 7.83. The second-order valence-electron chi connectivity index (χ2n) is 6.99. The highest BCUT2D eigenvalue weighted by atomic mass is 16.5. The highest BCUT2D eigenvalue weighted by Gasteiger charge is 2.17. The van der Waals surface area contributed by atoms with Gasteiger partial charge in [0.05, 0.1) is 18.2 Å². The third-order valence-corrected chi connectivity index (χ3v) is 5.02. The van der Waals surface area contributed by atoms with Crippen molar-refractivity contribution in [2.45, 2.75) is 13.8 Å². The van der Waals surface area contributed by atoms with Crippen LogP contribution in [0.3, 0.4) is 0 Å². The van der Waals surface area contributed by atoms with E-state index in [1.807, 2.05) is 24.3 Å². The summed E-state index contributed by atoms with van der Waals surface area (Å²) in [6.45, 7) is 4.15. The fourth-order valence-corrected chi connectivity index (χ4v) is 3.43. The molecule has 4 rings (SSSR count). The molecule has 0 unspecified atom stereocenters. The van der Waals surface area contributed by atoms with Crippen molar-refractivity contribution in [3.63, 3.8) is 0 Å². The maximum absolute atomic E-state index is 11.2. The average Bonchev–Trinajstić information content (AvgIpc) is 3.24. The van der Waals surface area contributed by atoms with Crippen molar-refractivity contribution in [1.29, 1.82) is 0 Å². The van der Waals surface area contributed by atoms with Gasteiger partial charge < -0.3 is 14.4 Å². The van der Waals surface area contributed by atoms with E-state index in [2.05, 4.69) is 42.2 Å². The Labute approximate surface area is 173 Å². The van der Waals surface area contributed by atoms with Gasteiger partial charge in [0.2, 0.25) is 5.82 Å². The van der Waals surface area contributed by atoms with Crippen LogP contribution in [0.1, 0.15) is 21.5 Å². The lowest BCUT2D eigenvalue weighted by atomic mass is 9.95. The molecule has 6 heteroatoms. The van der Waals surface area contributed by atoms with Crippen LogP contribution in [0.5, 0.6) is 5.75 Å². The van der Waals surface area contributed by atoms with Crippen molar-refractivity contribution in [3.8, 4) is 39.7 Å². The fourth-order valence-electron chi connectivity index (χ4n) is 3.43. The highest BCUT2D eigenvalue weighted by Crippen LogP contribution is 2.33. The van der Waals surface area contributed by atoms with E-state index in [4.69, 9.17) is 14.4 Å².